The van der Waals surface area contributed by atoms with Crippen LogP contribution in [0.5, 0.6) is 0 Å². The van der Waals surface area contributed by atoms with Crippen LogP contribution in [-0.2, 0) is 0 Å². The van der Waals surface area contributed by atoms with Gasteiger partial charge in [0, 0.05) is 22.7 Å². The lowest BCUT2D eigenvalue weighted by atomic mass is 9.83. The topological polar surface area (TPSA) is 30.7 Å². The molecule has 0 spiro atoms. The van der Waals surface area contributed by atoms with E-state index >= 15 is 0 Å². The predicted molar refractivity (Wildman–Crippen MR) is 193 cm³/mol. The zero-order valence-electron chi connectivity index (χ0n) is 25.4. The third-order valence-corrected chi connectivity index (χ3v) is 9.33. The summed E-state index contributed by atoms with van der Waals surface area (Å²) >= 11 is 0. The lowest BCUT2D eigenvalue weighted by Crippen LogP contribution is -2.03. The molecule has 0 N–H and O–H groups in total. The molecule has 1 aliphatic carbocycles. The number of para-hydroxylation sites is 2. The quantitative estimate of drug-likeness (QED) is 0.192. The van der Waals surface area contributed by atoms with Crippen molar-refractivity contribution in [3.63, 3.8) is 0 Å². The lowest BCUT2D eigenvalue weighted by molar-refractivity contribution is 1.04. The molecule has 2 heterocycles. The highest BCUT2D eigenvalue weighted by molar-refractivity contribution is 6.20. The van der Waals surface area contributed by atoms with E-state index in [0.717, 1.165) is 33.6 Å². The zero-order valence-corrected chi connectivity index (χ0v) is 25.4. The second-order valence-electron chi connectivity index (χ2n) is 11.8. The summed E-state index contributed by atoms with van der Waals surface area (Å²) < 4.78 is 2.26. The fourth-order valence-corrected chi connectivity index (χ4v) is 7.35. The average molecular weight is 588 g/mol. The molecule has 0 aliphatic heterocycles. The summed E-state index contributed by atoms with van der Waals surface area (Å²) in [6, 6.07) is 42.8. The number of allylic oxidation sites excluding steroid dienone is 2. The van der Waals surface area contributed by atoms with Gasteiger partial charge in [-0.15, -0.1) is 0 Å². The van der Waals surface area contributed by atoms with Crippen molar-refractivity contribution >= 4 is 38.8 Å². The number of nitrogens with zero attached hydrogens (tertiary/aromatic N) is 3. The Bertz CT molecular complexity index is 2550. The molecule has 0 saturated carbocycles. The van der Waals surface area contributed by atoms with E-state index in [-0.39, 0.29) is 0 Å². The van der Waals surface area contributed by atoms with Gasteiger partial charge in [0.2, 0.25) is 0 Å². The van der Waals surface area contributed by atoms with Crippen LogP contribution in [0, 0.1) is 6.92 Å². The van der Waals surface area contributed by atoms with Gasteiger partial charge in [-0.3, -0.25) is 4.57 Å². The Hall–Kier alpha value is -6.06. The van der Waals surface area contributed by atoms with E-state index in [1.807, 2.05) is 42.5 Å². The van der Waals surface area contributed by atoms with Crippen LogP contribution in [-0.4, -0.2) is 14.5 Å². The highest BCUT2D eigenvalue weighted by atomic mass is 15.1. The summed E-state index contributed by atoms with van der Waals surface area (Å²) in [5, 5.41) is 3.72. The molecule has 8 aromatic rings. The molecular weight excluding hydrogens is 558 g/mol. The van der Waals surface area contributed by atoms with E-state index < -0.39 is 0 Å². The van der Waals surface area contributed by atoms with Crippen LogP contribution in [0.15, 0.2) is 146 Å². The maximum atomic E-state index is 5.28. The van der Waals surface area contributed by atoms with Crippen LogP contribution in [0.1, 0.15) is 11.1 Å². The average Bonchev–Trinajstić information content (AvgIpc) is 3.45. The Morgan fingerprint density at radius 2 is 1.28 bits per heavy atom. The molecule has 0 bridgehead atoms. The molecule has 0 fully saturated rings. The van der Waals surface area contributed by atoms with Crippen molar-refractivity contribution in [3.05, 3.63) is 157 Å². The Morgan fingerprint density at radius 3 is 2.09 bits per heavy atom. The van der Waals surface area contributed by atoms with Gasteiger partial charge in [-0.05, 0) is 74.8 Å². The summed E-state index contributed by atoms with van der Waals surface area (Å²) in [5.74, 6) is 0.821. The first-order valence-corrected chi connectivity index (χ1v) is 15.6. The molecular formula is C43H29N3. The second-order valence-corrected chi connectivity index (χ2v) is 11.8. The summed E-state index contributed by atoms with van der Waals surface area (Å²) in [4.78, 5) is 10.5. The van der Waals surface area contributed by atoms with Gasteiger partial charge in [-0.25, -0.2) is 9.97 Å². The lowest BCUT2D eigenvalue weighted by Gasteiger charge is -2.20. The number of benzene rings is 6. The Balaban J connectivity index is 1.44. The SMILES string of the molecule is C=C/C=C\c1c(C)c2c(c3ccccc13)-c1ccccc1-c1cn(-c3nc4ccccc4nc3-c3ccccc3)c3cccc-2c13. The van der Waals surface area contributed by atoms with Crippen LogP contribution in [0.2, 0.25) is 0 Å². The van der Waals surface area contributed by atoms with E-state index in [1.54, 1.807) is 0 Å². The van der Waals surface area contributed by atoms with Gasteiger partial charge < -0.3 is 0 Å². The number of fused-ring (bicyclic) bond motifs is 8. The second kappa shape index (κ2) is 10.3. The van der Waals surface area contributed by atoms with E-state index in [2.05, 4.69) is 121 Å². The number of hydrogen-bond donors (Lipinski definition) is 0. The first kappa shape index (κ1) is 26.4. The van der Waals surface area contributed by atoms with Crippen LogP contribution in [0.3, 0.4) is 0 Å². The van der Waals surface area contributed by atoms with Crippen molar-refractivity contribution in [1.29, 1.82) is 0 Å². The summed E-state index contributed by atoms with van der Waals surface area (Å²) in [6.07, 6.45) is 8.37. The Kier molecular flexibility index (Phi) is 5.87. The minimum absolute atomic E-state index is 0.821. The molecule has 6 aromatic carbocycles. The fourth-order valence-electron chi connectivity index (χ4n) is 7.35. The highest BCUT2D eigenvalue weighted by Gasteiger charge is 2.28. The van der Waals surface area contributed by atoms with Crippen molar-refractivity contribution in [2.45, 2.75) is 6.92 Å². The minimum atomic E-state index is 0.821. The monoisotopic (exact) mass is 587 g/mol. The molecule has 2 aromatic heterocycles. The van der Waals surface area contributed by atoms with Gasteiger partial charge in [0.25, 0.3) is 0 Å². The number of hydrogen-bond acceptors (Lipinski definition) is 2. The van der Waals surface area contributed by atoms with Gasteiger partial charge in [-0.2, -0.15) is 0 Å². The maximum Gasteiger partial charge on any atom is 0.164 e. The van der Waals surface area contributed by atoms with Crippen LogP contribution in [0.4, 0.5) is 0 Å². The number of rotatable bonds is 4. The predicted octanol–water partition coefficient (Wildman–Crippen LogP) is 11.2. The van der Waals surface area contributed by atoms with Gasteiger partial charge in [0.1, 0.15) is 5.69 Å². The molecule has 0 radical (unpaired) electrons. The standard InChI is InChI=1S/C43H29N3/c1-3-4-17-29-27(2)39-34-22-14-25-38-40(34)35(31-19-9-11-21-33(31)41(39)32-20-10-8-18-30(29)32)26-46(38)43-42(28-15-6-5-7-16-28)44-36-23-12-13-24-37(36)45-43/h3-26H,1H2,2H3/b17-4-. The van der Waals surface area contributed by atoms with Crippen molar-refractivity contribution in [1.82, 2.24) is 14.5 Å². The summed E-state index contributed by atoms with van der Waals surface area (Å²) in [5.41, 5.74) is 14.6. The van der Waals surface area contributed by atoms with Gasteiger partial charge in [-0.1, -0.05) is 128 Å². The van der Waals surface area contributed by atoms with E-state index in [9.17, 15) is 0 Å². The smallest absolute Gasteiger partial charge is 0.164 e. The van der Waals surface area contributed by atoms with Gasteiger partial charge >= 0.3 is 0 Å². The molecule has 46 heavy (non-hydrogen) atoms. The van der Waals surface area contributed by atoms with Gasteiger partial charge in [0.05, 0.1) is 16.6 Å². The van der Waals surface area contributed by atoms with E-state index in [1.165, 1.54) is 60.7 Å². The molecule has 0 unspecified atom stereocenters. The van der Waals surface area contributed by atoms with Crippen molar-refractivity contribution in [3.8, 4) is 50.5 Å². The third-order valence-electron chi connectivity index (χ3n) is 9.33. The van der Waals surface area contributed by atoms with Crippen molar-refractivity contribution in [2.24, 2.45) is 0 Å². The summed E-state index contributed by atoms with van der Waals surface area (Å²) in [7, 11) is 0. The van der Waals surface area contributed by atoms with Crippen molar-refractivity contribution < 1.29 is 0 Å². The number of aromatic nitrogens is 3. The van der Waals surface area contributed by atoms with Crippen molar-refractivity contribution in [2.75, 3.05) is 0 Å². The zero-order chi connectivity index (χ0) is 30.8. The molecule has 1 aliphatic rings. The molecule has 3 nitrogen and oxygen atoms in total. The molecule has 0 amide bonds. The fraction of sp³-hybridized carbons (Fsp3) is 0.0233. The molecule has 9 rings (SSSR count). The molecule has 0 saturated heterocycles. The molecule has 216 valence electrons. The largest absolute Gasteiger partial charge is 0.299 e. The van der Waals surface area contributed by atoms with Gasteiger partial charge in [0.15, 0.2) is 5.82 Å². The third kappa shape index (κ3) is 3.79. The Labute approximate surface area is 267 Å². The molecule has 0 atom stereocenters. The first-order valence-electron chi connectivity index (χ1n) is 15.6. The van der Waals surface area contributed by atoms with E-state index in [0.29, 0.717) is 0 Å². The van der Waals surface area contributed by atoms with E-state index in [4.69, 9.17) is 9.97 Å². The van der Waals surface area contributed by atoms with Crippen LogP contribution in [0.25, 0.3) is 89.2 Å². The minimum Gasteiger partial charge on any atom is -0.299 e. The normalized spacial score (nSPS) is 12.0. The first-order chi connectivity index (χ1) is 22.7. The summed E-state index contributed by atoms with van der Waals surface area (Å²) in [6.45, 7) is 6.22. The molecule has 3 heteroatoms. The van der Waals surface area contributed by atoms with Crippen LogP contribution >= 0.6 is 0 Å². The van der Waals surface area contributed by atoms with Crippen LogP contribution < -0.4 is 0 Å². The highest BCUT2D eigenvalue weighted by Crippen LogP contribution is 2.53. The maximum absolute atomic E-state index is 5.28. The Morgan fingerprint density at radius 1 is 0.609 bits per heavy atom.